The van der Waals surface area contributed by atoms with Gasteiger partial charge in [-0.3, -0.25) is 0 Å². The van der Waals surface area contributed by atoms with Crippen molar-refractivity contribution < 1.29 is 26.9 Å². The second-order valence-corrected chi connectivity index (χ2v) is 4.53. The van der Waals surface area contributed by atoms with Crippen molar-refractivity contribution in [1.29, 1.82) is 0 Å². The van der Waals surface area contributed by atoms with E-state index in [1.54, 1.807) is 0 Å². The van der Waals surface area contributed by atoms with Crippen LogP contribution in [0.4, 0.5) is 14.6 Å². The third-order valence-electron chi connectivity index (χ3n) is 1.88. The zero-order valence-corrected chi connectivity index (χ0v) is 9.65. The lowest BCUT2D eigenvalue weighted by atomic mass is 10.2. The summed E-state index contributed by atoms with van der Waals surface area (Å²) in [6.07, 6.45) is -3.26. The Kier molecular flexibility index (Phi) is 3.76. The average Bonchev–Trinajstić information content (AvgIpc) is 2.25. The fourth-order valence-corrected chi connectivity index (χ4v) is 1.93. The van der Waals surface area contributed by atoms with Crippen LogP contribution in [0.25, 0.3) is 0 Å². The highest BCUT2D eigenvalue weighted by atomic mass is 32.2. The van der Waals surface area contributed by atoms with E-state index >= 15 is 0 Å². The highest BCUT2D eigenvalue weighted by Crippen LogP contribution is 2.35. The summed E-state index contributed by atoms with van der Waals surface area (Å²) in [5.74, 6) is -1.82. The second kappa shape index (κ2) is 4.78. The molecule has 0 unspecified atom stereocenters. The molecule has 0 radical (unpaired) electrons. The molecule has 100 valence electrons. The zero-order chi connectivity index (χ0) is 14.1. The first-order valence-electron chi connectivity index (χ1n) is 4.22. The number of alkyl halides is 2. The Labute approximate surface area is 99.6 Å². The Morgan fingerprint density at radius 2 is 2.11 bits per heavy atom. The van der Waals surface area contributed by atoms with Crippen LogP contribution in [0.1, 0.15) is 12.0 Å². The minimum atomic E-state index is -4.57. The van der Waals surface area contributed by atoms with Gasteiger partial charge in [0.25, 0.3) is 6.43 Å². The number of halogens is 2. The number of nitro groups is 1. The molecule has 0 aromatic carbocycles. The molecule has 0 fully saturated rings. The first-order valence-corrected chi connectivity index (χ1v) is 5.77. The Morgan fingerprint density at radius 3 is 2.44 bits per heavy atom. The van der Waals surface area contributed by atoms with E-state index in [4.69, 9.17) is 5.14 Å². The van der Waals surface area contributed by atoms with Gasteiger partial charge >= 0.3 is 11.7 Å². The maximum Gasteiger partial charge on any atom is 0.369 e. The highest BCUT2D eigenvalue weighted by molar-refractivity contribution is 7.89. The molecule has 0 aliphatic heterocycles. The molecule has 0 bridgehead atoms. The molecule has 1 aromatic heterocycles. The highest BCUT2D eigenvalue weighted by Gasteiger charge is 2.32. The topological polar surface area (TPSA) is 125 Å². The number of primary sulfonamides is 1. The number of methoxy groups -OCH3 is 1. The van der Waals surface area contributed by atoms with E-state index < -0.39 is 43.5 Å². The molecule has 2 N–H and O–H groups in total. The van der Waals surface area contributed by atoms with Crippen LogP contribution in [-0.4, -0.2) is 25.4 Å². The van der Waals surface area contributed by atoms with Gasteiger partial charge in [-0.15, -0.1) is 0 Å². The number of aromatic nitrogens is 1. The molecule has 1 heterocycles. The van der Waals surface area contributed by atoms with Crippen molar-refractivity contribution in [3.8, 4) is 5.88 Å². The number of nitrogens with two attached hydrogens (primary N) is 1. The van der Waals surface area contributed by atoms with Gasteiger partial charge in [0, 0.05) is 4.98 Å². The minimum Gasteiger partial charge on any atom is -0.462 e. The summed E-state index contributed by atoms with van der Waals surface area (Å²) in [6, 6.07) is 0.360. The number of hydrogen-bond acceptors (Lipinski definition) is 6. The maximum absolute atomic E-state index is 12.7. The molecule has 0 amide bonds. The van der Waals surface area contributed by atoms with Gasteiger partial charge in [0.05, 0.1) is 13.2 Å². The molecule has 0 spiro atoms. The minimum absolute atomic E-state index is 0.360. The number of rotatable bonds is 4. The monoisotopic (exact) mass is 283 g/mol. The Morgan fingerprint density at radius 1 is 1.56 bits per heavy atom. The van der Waals surface area contributed by atoms with Gasteiger partial charge in [0.15, 0.2) is 0 Å². The van der Waals surface area contributed by atoms with Crippen molar-refractivity contribution in [2.75, 3.05) is 7.11 Å². The van der Waals surface area contributed by atoms with Crippen LogP contribution >= 0.6 is 0 Å². The van der Waals surface area contributed by atoms with Gasteiger partial charge in [-0.25, -0.2) is 22.3 Å². The molecule has 1 aromatic rings. The van der Waals surface area contributed by atoms with Gasteiger partial charge in [-0.1, -0.05) is 0 Å². The fraction of sp³-hybridized carbons (Fsp3) is 0.286. The van der Waals surface area contributed by atoms with E-state index in [0.717, 1.165) is 7.11 Å². The van der Waals surface area contributed by atoms with Crippen LogP contribution in [0.15, 0.2) is 11.0 Å². The quantitative estimate of drug-likeness (QED) is 0.636. The molecule has 1 rings (SSSR count). The van der Waals surface area contributed by atoms with Gasteiger partial charge in [0.1, 0.15) is 10.5 Å². The molecule has 0 aliphatic rings. The Hall–Kier alpha value is -1.88. The molecule has 0 saturated carbocycles. The van der Waals surface area contributed by atoms with E-state index in [2.05, 4.69) is 9.72 Å². The third-order valence-corrected chi connectivity index (χ3v) is 2.83. The van der Waals surface area contributed by atoms with Crippen molar-refractivity contribution in [3.05, 3.63) is 21.7 Å². The van der Waals surface area contributed by atoms with Crippen LogP contribution in [0.2, 0.25) is 0 Å². The van der Waals surface area contributed by atoms with E-state index in [9.17, 15) is 27.3 Å². The number of pyridine rings is 1. The smallest absolute Gasteiger partial charge is 0.369 e. The fourth-order valence-electron chi connectivity index (χ4n) is 1.18. The molecule has 18 heavy (non-hydrogen) atoms. The van der Waals surface area contributed by atoms with Gasteiger partial charge in [-0.05, 0) is 4.92 Å². The lowest BCUT2D eigenvalue weighted by Gasteiger charge is -2.08. The zero-order valence-electron chi connectivity index (χ0n) is 8.83. The van der Waals surface area contributed by atoms with Crippen molar-refractivity contribution in [1.82, 2.24) is 4.98 Å². The van der Waals surface area contributed by atoms with Gasteiger partial charge in [0.2, 0.25) is 10.0 Å². The molecule has 0 atom stereocenters. The summed E-state index contributed by atoms with van der Waals surface area (Å²) in [5.41, 5.74) is -1.11. The predicted molar refractivity (Wildman–Crippen MR) is 53.8 cm³/mol. The SMILES string of the molecule is COc1nc([N+](=O)[O-])cc(S(N)(=O)=O)c1C(F)F. The van der Waals surface area contributed by atoms with Crippen molar-refractivity contribution in [3.63, 3.8) is 0 Å². The standard InChI is InChI=1S/C7H7F2N3O5S/c1-17-7-5(6(8)9)3(18(10,15)16)2-4(11-7)12(13)14/h2,6H,1H3,(H2,10,15,16). The van der Waals surface area contributed by atoms with Crippen molar-refractivity contribution >= 4 is 15.8 Å². The first-order chi connectivity index (χ1) is 8.18. The van der Waals surface area contributed by atoms with E-state index in [-0.39, 0.29) is 0 Å². The average molecular weight is 283 g/mol. The van der Waals surface area contributed by atoms with Crippen molar-refractivity contribution in [2.24, 2.45) is 5.14 Å². The summed E-state index contributed by atoms with van der Waals surface area (Å²) >= 11 is 0. The number of hydrogen-bond donors (Lipinski definition) is 1. The van der Waals surface area contributed by atoms with Crippen molar-refractivity contribution in [2.45, 2.75) is 11.3 Å². The third kappa shape index (κ3) is 2.68. The van der Waals surface area contributed by atoms with E-state index in [0.29, 0.717) is 6.07 Å². The number of nitrogens with zero attached hydrogens (tertiary/aromatic N) is 2. The summed E-state index contributed by atoms with van der Waals surface area (Å²) < 4.78 is 52.2. The van der Waals surface area contributed by atoms with Gasteiger partial charge in [-0.2, -0.15) is 0 Å². The predicted octanol–water partition coefficient (Wildman–Crippen LogP) is 0.583. The second-order valence-electron chi connectivity index (χ2n) is 3.00. The summed E-state index contributed by atoms with van der Waals surface area (Å²) in [5, 5.41) is 15.2. The molecule has 8 nitrogen and oxygen atoms in total. The van der Waals surface area contributed by atoms with E-state index in [1.807, 2.05) is 0 Å². The van der Waals surface area contributed by atoms with Crippen LogP contribution in [0, 0.1) is 10.1 Å². The molecule has 0 saturated heterocycles. The van der Waals surface area contributed by atoms with Crippen LogP contribution in [0.3, 0.4) is 0 Å². The Bertz CT molecular complexity index is 589. The molecular weight excluding hydrogens is 276 g/mol. The first kappa shape index (κ1) is 14.2. The lowest BCUT2D eigenvalue weighted by Crippen LogP contribution is -2.16. The number of ether oxygens (including phenoxy) is 1. The van der Waals surface area contributed by atoms with Crippen LogP contribution in [0.5, 0.6) is 5.88 Å². The summed E-state index contributed by atoms with van der Waals surface area (Å²) in [4.78, 5) is 11.5. The lowest BCUT2D eigenvalue weighted by molar-refractivity contribution is -0.389. The molecule has 0 aliphatic carbocycles. The molecule has 11 heteroatoms. The number of sulfonamides is 1. The normalized spacial score (nSPS) is 11.6. The van der Waals surface area contributed by atoms with E-state index in [1.165, 1.54) is 0 Å². The largest absolute Gasteiger partial charge is 0.462 e. The van der Waals surface area contributed by atoms with Gasteiger partial charge < -0.3 is 14.9 Å². The maximum atomic E-state index is 12.7. The molecular formula is C7H7F2N3O5S. The summed E-state index contributed by atoms with van der Waals surface area (Å²) in [7, 11) is -3.65. The van der Waals surface area contributed by atoms with Crippen LogP contribution < -0.4 is 9.88 Å². The van der Waals surface area contributed by atoms with Crippen LogP contribution in [-0.2, 0) is 10.0 Å². The summed E-state index contributed by atoms with van der Waals surface area (Å²) in [6.45, 7) is 0. The Balaban J connectivity index is 3.74.